The molecule has 0 saturated heterocycles. The maximum absolute atomic E-state index is 12.6. The van der Waals surface area contributed by atoms with E-state index < -0.39 is 11.7 Å². The molecular weight excluding hydrogens is 379 g/mol. The summed E-state index contributed by atoms with van der Waals surface area (Å²) in [4.78, 5) is 5.78. The van der Waals surface area contributed by atoms with Crippen molar-refractivity contribution in [3.05, 3.63) is 71.2 Å². The van der Waals surface area contributed by atoms with E-state index in [2.05, 4.69) is 44.3 Å². The van der Waals surface area contributed by atoms with Gasteiger partial charge in [0.15, 0.2) is 0 Å². The minimum absolute atomic E-state index is 0.238. The lowest BCUT2D eigenvalue weighted by Crippen LogP contribution is -2.08. The second kappa shape index (κ2) is 7.98. The van der Waals surface area contributed by atoms with Gasteiger partial charge in [-0.2, -0.15) is 18.3 Å². The Morgan fingerprint density at radius 3 is 2.31 bits per heavy atom. The van der Waals surface area contributed by atoms with E-state index in [0.717, 1.165) is 40.6 Å². The van der Waals surface area contributed by atoms with Crippen molar-refractivity contribution in [2.75, 3.05) is 24.4 Å². The first-order chi connectivity index (χ1) is 13.7. The first-order valence-electron chi connectivity index (χ1n) is 8.96. The Hall–Kier alpha value is -3.29. The van der Waals surface area contributed by atoms with Crippen molar-refractivity contribution in [1.29, 1.82) is 0 Å². The summed E-state index contributed by atoms with van der Waals surface area (Å²) in [6, 6.07) is 12.4. The maximum atomic E-state index is 12.6. The van der Waals surface area contributed by atoms with E-state index in [0.29, 0.717) is 0 Å². The average Bonchev–Trinajstić information content (AvgIpc) is 2.95. The second-order valence-electron chi connectivity index (χ2n) is 6.87. The highest BCUT2D eigenvalue weighted by atomic mass is 19.4. The number of hydrazone groups is 1. The summed E-state index contributed by atoms with van der Waals surface area (Å²) >= 11 is 0. The first kappa shape index (κ1) is 20.4. The maximum Gasteiger partial charge on any atom is 0.417 e. The third kappa shape index (κ3) is 4.59. The lowest BCUT2D eigenvalue weighted by Gasteiger charge is -2.14. The highest BCUT2D eigenvalue weighted by molar-refractivity contribution is 5.82. The number of rotatable bonds is 5. The molecule has 0 fully saturated rings. The van der Waals surface area contributed by atoms with Crippen LogP contribution in [0.3, 0.4) is 0 Å². The minimum atomic E-state index is -4.41. The van der Waals surface area contributed by atoms with Crippen LogP contribution in [0, 0.1) is 13.8 Å². The second-order valence-corrected chi connectivity index (χ2v) is 6.87. The predicted molar refractivity (Wildman–Crippen MR) is 110 cm³/mol. The fourth-order valence-corrected chi connectivity index (χ4v) is 3.01. The third-order valence-corrected chi connectivity index (χ3v) is 4.57. The van der Waals surface area contributed by atoms with Gasteiger partial charge in [0, 0.05) is 48.6 Å². The molecule has 0 spiro atoms. The molecular formula is C21H22F3N5. The van der Waals surface area contributed by atoms with Gasteiger partial charge >= 0.3 is 6.18 Å². The highest BCUT2D eigenvalue weighted by Crippen LogP contribution is 2.29. The summed E-state index contributed by atoms with van der Waals surface area (Å²) in [5, 5.41) is 4.11. The van der Waals surface area contributed by atoms with Gasteiger partial charge in [0.2, 0.25) is 0 Å². The number of benzene rings is 1. The topological polar surface area (TPSA) is 45.5 Å². The van der Waals surface area contributed by atoms with Gasteiger partial charge in [-0.05, 0) is 56.3 Å². The molecule has 1 N–H and O–H groups in total. The predicted octanol–water partition coefficient (Wildman–Crippen LogP) is 5.02. The number of nitrogens with one attached hydrogen (secondary N) is 1. The van der Waals surface area contributed by atoms with Crippen LogP contribution in [0.15, 0.2) is 53.8 Å². The van der Waals surface area contributed by atoms with E-state index in [-0.39, 0.29) is 5.82 Å². The largest absolute Gasteiger partial charge is 0.417 e. The van der Waals surface area contributed by atoms with Crippen molar-refractivity contribution in [3.63, 3.8) is 0 Å². The Bertz CT molecular complexity index is 1000. The average molecular weight is 401 g/mol. The first-order valence-corrected chi connectivity index (χ1v) is 8.96. The number of hydrogen-bond donors (Lipinski definition) is 1. The lowest BCUT2D eigenvalue weighted by molar-refractivity contribution is -0.137. The Labute approximate surface area is 167 Å². The molecule has 0 aliphatic heterocycles. The lowest BCUT2D eigenvalue weighted by atomic mass is 10.2. The van der Waals surface area contributed by atoms with E-state index in [4.69, 9.17) is 0 Å². The van der Waals surface area contributed by atoms with Gasteiger partial charge in [0.1, 0.15) is 5.82 Å². The molecule has 152 valence electrons. The van der Waals surface area contributed by atoms with Gasteiger partial charge in [-0.3, -0.25) is 5.43 Å². The van der Waals surface area contributed by atoms with Crippen LogP contribution in [0.1, 0.15) is 22.5 Å². The van der Waals surface area contributed by atoms with Crippen LogP contribution in [-0.4, -0.2) is 29.9 Å². The molecule has 0 saturated carbocycles. The monoisotopic (exact) mass is 401 g/mol. The van der Waals surface area contributed by atoms with Crippen LogP contribution in [0.2, 0.25) is 0 Å². The van der Waals surface area contributed by atoms with Gasteiger partial charge in [-0.15, -0.1) is 0 Å². The number of hydrogen-bond acceptors (Lipinski definition) is 4. The minimum Gasteiger partial charge on any atom is -0.378 e. The van der Waals surface area contributed by atoms with Gasteiger partial charge in [-0.1, -0.05) is 0 Å². The molecule has 1 aromatic carbocycles. The number of alkyl halides is 3. The van der Waals surface area contributed by atoms with Crippen molar-refractivity contribution < 1.29 is 13.2 Å². The molecule has 29 heavy (non-hydrogen) atoms. The zero-order valence-corrected chi connectivity index (χ0v) is 16.6. The molecule has 3 aromatic rings. The van der Waals surface area contributed by atoms with E-state index in [1.54, 1.807) is 6.21 Å². The Morgan fingerprint density at radius 1 is 1.07 bits per heavy atom. The smallest absolute Gasteiger partial charge is 0.378 e. The van der Waals surface area contributed by atoms with Gasteiger partial charge in [-0.25, -0.2) is 4.98 Å². The van der Waals surface area contributed by atoms with Crippen LogP contribution in [0.5, 0.6) is 0 Å². The van der Waals surface area contributed by atoms with Crippen molar-refractivity contribution in [3.8, 4) is 5.69 Å². The quantitative estimate of drug-likeness (QED) is 0.482. The normalized spacial score (nSPS) is 11.8. The van der Waals surface area contributed by atoms with E-state index >= 15 is 0 Å². The number of aromatic nitrogens is 2. The zero-order chi connectivity index (χ0) is 21.2. The van der Waals surface area contributed by atoms with Crippen molar-refractivity contribution >= 4 is 17.7 Å². The number of pyridine rings is 1. The van der Waals surface area contributed by atoms with E-state index in [1.165, 1.54) is 6.07 Å². The molecule has 0 aliphatic carbocycles. The summed E-state index contributed by atoms with van der Waals surface area (Å²) in [5.41, 5.74) is 6.99. The molecule has 0 radical (unpaired) electrons. The number of aryl methyl sites for hydroxylation is 1. The van der Waals surface area contributed by atoms with E-state index in [9.17, 15) is 13.2 Å². The fraction of sp³-hybridized carbons (Fsp3) is 0.238. The molecule has 0 bridgehead atoms. The molecule has 0 amide bonds. The number of halogens is 3. The Kier molecular flexibility index (Phi) is 5.63. The van der Waals surface area contributed by atoms with Crippen molar-refractivity contribution in [2.45, 2.75) is 20.0 Å². The summed E-state index contributed by atoms with van der Waals surface area (Å²) in [6.07, 6.45) is -2.00. The Balaban J connectivity index is 1.76. The summed E-state index contributed by atoms with van der Waals surface area (Å²) in [6.45, 7) is 4.00. The zero-order valence-electron chi connectivity index (χ0n) is 16.6. The highest BCUT2D eigenvalue weighted by Gasteiger charge is 2.30. The molecule has 3 rings (SSSR count). The third-order valence-electron chi connectivity index (χ3n) is 4.57. The van der Waals surface area contributed by atoms with Gasteiger partial charge in [0.25, 0.3) is 0 Å². The van der Waals surface area contributed by atoms with Crippen LogP contribution in [0.4, 0.5) is 24.7 Å². The van der Waals surface area contributed by atoms with Crippen LogP contribution in [0.25, 0.3) is 5.69 Å². The Morgan fingerprint density at radius 2 is 1.76 bits per heavy atom. The van der Waals surface area contributed by atoms with Crippen LogP contribution >= 0.6 is 0 Å². The fourth-order valence-electron chi connectivity index (χ4n) is 3.01. The molecule has 0 atom stereocenters. The van der Waals surface area contributed by atoms with Crippen LogP contribution < -0.4 is 10.3 Å². The van der Waals surface area contributed by atoms with Crippen molar-refractivity contribution in [1.82, 2.24) is 9.55 Å². The summed E-state index contributed by atoms with van der Waals surface area (Å²) < 4.78 is 39.9. The molecule has 0 unspecified atom stereocenters. The molecule has 5 nitrogen and oxygen atoms in total. The van der Waals surface area contributed by atoms with E-state index in [1.807, 2.05) is 38.9 Å². The standard InChI is InChI=1S/C21H22F3N5/c1-14-11-16(12-26-27-20-10-5-17(13-25-20)21(22,23)24)15(2)29(14)19-8-6-18(7-9-19)28(3)4/h5-13H,1-4H3,(H,25,27)/b26-12-. The van der Waals surface area contributed by atoms with Gasteiger partial charge < -0.3 is 9.47 Å². The molecule has 2 aromatic heterocycles. The SMILES string of the molecule is Cc1cc(/C=N\Nc2ccc(C(F)(F)F)cn2)c(C)n1-c1ccc(N(C)C)cc1. The van der Waals surface area contributed by atoms with Gasteiger partial charge in [0.05, 0.1) is 11.8 Å². The molecule has 0 aliphatic rings. The number of anilines is 2. The number of nitrogens with zero attached hydrogens (tertiary/aromatic N) is 4. The molecule has 8 heteroatoms. The molecule has 2 heterocycles. The summed E-state index contributed by atoms with van der Waals surface area (Å²) in [5.74, 6) is 0.238. The summed E-state index contributed by atoms with van der Waals surface area (Å²) in [7, 11) is 3.99. The van der Waals surface area contributed by atoms with Crippen molar-refractivity contribution in [2.24, 2.45) is 5.10 Å². The van der Waals surface area contributed by atoms with Crippen LogP contribution in [-0.2, 0) is 6.18 Å².